The van der Waals surface area contributed by atoms with Gasteiger partial charge in [0.2, 0.25) is 5.91 Å². The summed E-state index contributed by atoms with van der Waals surface area (Å²) in [4.78, 5) is 14.7. The first-order chi connectivity index (χ1) is 11.6. The maximum Gasteiger partial charge on any atom is 0.235 e. The Hall–Kier alpha value is -1.16. The van der Waals surface area contributed by atoms with Crippen LogP contribution in [0.4, 0.5) is 0 Å². The third-order valence-corrected chi connectivity index (χ3v) is 5.95. The molecule has 3 rings (SSSR count). The van der Waals surface area contributed by atoms with E-state index in [0.29, 0.717) is 26.3 Å². The summed E-state index contributed by atoms with van der Waals surface area (Å²) in [5.41, 5.74) is -0.677. The molecule has 6 nitrogen and oxygen atoms in total. The standard InChI is InChI=1S/C18H29N3O3/c19-13-18(7-2-1-3-8-18)20-17(23)11-21-9-10-24-12-15(21)14-5-4-6-16(14)22/h14-16,22H,1-12H2,(H,20,23)/t14-,15+,16-/m0/s1. The van der Waals surface area contributed by atoms with Crippen LogP contribution >= 0.6 is 0 Å². The highest BCUT2D eigenvalue weighted by molar-refractivity contribution is 5.79. The summed E-state index contributed by atoms with van der Waals surface area (Å²) in [5.74, 6) is 0.121. The summed E-state index contributed by atoms with van der Waals surface area (Å²) < 4.78 is 5.61. The van der Waals surface area contributed by atoms with Crippen LogP contribution < -0.4 is 5.32 Å². The van der Waals surface area contributed by atoms with Crippen molar-refractivity contribution >= 4 is 5.91 Å². The molecule has 1 aliphatic heterocycles. The highest BCUT2D eigenvalue weighted by atomic mass is 16.5. The van der Waals surface area contributed by atoms with Gasteiger partial charge in [-0.25, -0.2) is 0 Å². The molecule has 6 heteroatoms. The van der Waals surface area contributed by atoms with Gasteiger partial charge in [-0.15, -0.1) is 0 Å². The minimum absolute atomic E-state index is 0.0714. The zero-order chi connectivity index (χ0) is 17.0. The van der Waals surface area contributed by atoms with Crippen molar-refractivity contribution in [2.24, 2.45) is 5.92 Å². The smallest absolute Gasteiger partial charge is 0.235 e. The molecule has 0 spiro atoms. The molecular weight excluding hydrogens is 306 g/mol. The Balaban J connectivity index is 1.60. The molecule has 0 aromatic rings. The molecular formula is C18H29N3O3. The molecule has 1 amide bonds. The van der Waals surface area contributed by atoms with Crippen molar-refractivity contribution in [1.29, 1.82) is 5.26 Å². The van der Waals surface area contributed by atoms with E-state index < -0.39 is 5.54 Å². The summed E-state index contributed by atoms with van der Waals surface area (Å²) in [6, 6.07) is 2.45. The lowest BCUT2D eigenvalue weighted by molar-refractivity contribution is -0.128. The van der Waals surface area contributed by atoms with E-state index in [-0.39, 0.29) is 24.0 Å². The van der Waals surface area contributed by atoms with E-state index in [0.717, 1.165) is 51.4 Å². The molecule has 0 radical (unpaired) electrons. The Kier molecular flexibility index (Phi) is 5.75. The van der Waals surface area contributed by atoms with E-state index in [4.69, 9.17) is 4.74 Å². The van der Waals surface area contributed by atoms with E-state index in [9.17, 15) is 15.2 Å². The molecule has 134 valence electrons. The van der Waals surface area contributed by atoms with Crippen molar-refractivity contribution in [1.82, 2.24) is 10.2 Å². The monoisotopic (exact) mass is 335 g/mol. The van der Waals surface area contributed by atoms with E-state index in [1.807, 2.05) is 0 Å². The fourth-order valence-electron chi connectivity index (χ4n) is 4.58. The van der Waals surface area contributed by atoms with Gasteiger partial charge in [0.05, 0.1) is 31.9 Å². The summed E-state index contributed by atoms with van der Waals surface area (Å²) in [7, 11) is 0. The van der Waals surface area contributed by atoms with Crippen LogP contribution in [0, 0.1) is 17.2 Å². The first-order valence-electron chi connectivity index (χ1n) is 9.36. The van der Waals surface area contributed by atoms with Gasteiger partial charge in [0.1, 0.15) is 5.54 Å². The molecule has 0 aromatic carbocycles. The van der Waals surface area contributed by atoms with E-state index in [2.05, 4.69) is 16.3 Å². The van der Waals surface area contributed by atoms with Gasteiger partial charge in [0.15, 0.2) is 0 Å². The Morgan fingerprint density at radius 3 is 2.75 bits per heavy atom. The number of carbonyl (C=O) groups excluding carboxylic acids is 1. The number of rotatable bonds is 4. The van der Waals surface area contributed by atoms with Crippen LogP contribution in [0.15, 0.2) is 0 Å². The van der Waals surface area contributed by atoms with E-state index >= 15 is 0 Å². The van der Waals surface area contributed by atoms with Crippen LogP contribution in [0.5, 0.6) is 0 Å². The average Bonchev–Trinajstić information content (AvgIpc) is 3.02. The van der Waals surface area contributed by atoms with Crippen molar-refractivity contribution in [3.8, 4) is 6.07 Å². The molecule has 1 heterocycles. The Labute approximate surface area is 144 Å². The van der Waals surface area contributed by atoms with E-state index in [1.54, 1.807) is 0 Å². The van der Waals surface area contributed by atoms with Crippen molar-refractivity contribution in [3.05, 3.63) is 0 Å². The van der Waals surface area contributed by atoms with Gasteiger partial charge in [-0.2, -0.15) is 5.26 Å². The van der Waals surface area contributed by atoms with Crippen molar-refractivity contribution in [3.63, 3.8) is 0 Å². The van der Waals surface area contributed by atoms with Crippen molar-refractivity contribution in [2.75, 3.05) is 26.3 Å². The molecule has 3 atom stereocenters. The second kappa shape index (κ2) is 7.81. The lowest BCUT2D eigenvalue weighted by Crippen LogP contribution is -2.57. The fourth-order valence-corrected chi connectivity index (χ4v) is 4.58. The second-order valence-electron chi connectivity index (χ2n) is 7.58. The fraction of sp³-hybridized carbons (Fsp3) is 0.889. The molecule has 2 saturated carbocycles. The quantitative estimate of drug-likeness (QED) is 0.806. The van der Waals surface area contributed by atoms with E-state index in [1.165, 1.54) is 0 Å². The number of nitrogens with one attached hydrogen (secondary N) is 1. The molecule has 0 aromatic heterocycles. The van der Waals surface area contributed by atoms with Crippen LogP contribution in [0.2, 0.25) is 0 Å². The molecule has 0 unspecified atom stereocenters. The number of morpholine rings is 1. The summed E-state index contributed by atoms with van der Waals surface area (Å²) >= 11 is 0. The summed E-state index contributed by atoms with van der Waals surface area (Å²) in [6.45, 7) is 2.20. The number of amides is 1. The largest absolute Gasteiger partial charge is 0.393 e. The number of hydrogen-bond acceptors (Lipinski definition) is 5. The van der Waals surface area contributed by atoms with Gasteiger partial charge in [-0.05, 0) is 25.7 Å². The van der Waals surface area contributed by atoms with Crippen LogP contribution in [-0.4, -0.2) is 59.9 Å². The normalized spacial score (nSPS) is 33.8. The number of nitriles is 1. The molecule has 2 aliphatic carbocycles. The van der Waals surface area contributed by atoms with Crippen molar-refractivity contribution < 1.29 is 14.6 Å². The Morgan fingerprint density at radius 1 is 1.29 bits per heavy atom. The first kappa shape index (κ1) is 17.7. The average molecular weight is 335 g/mol. The molecule has 1 saturated heterocycles. The van der Waals surface area contributed by atoms with Crippen LogP contribution in [0.1, 0.15) is 51.4 Å². The predicted octanol–water partition coefficient (Wildman–Crippen LogP) is 1.19. The minimum atomic E-state index is -0.677. The third kappa shape index (κ3) is 3.90. The van der Waals surface area contributed by atoms with Crippen LogP contribution in [0.3, 0.4) is 0 Å². The predicted molar refractivity (Wildman–Crippen MR) is 89.1 cm³/mol. The van der Waals surface area contributed by atoms with Crippen molar-refractivity contribution in [2.45, 2.75) is 69.1 Å². The van der Waals surface area contributed by atoms with Crippen LogP contribution in [-0.2, 0) is 9.53 Å². The SMILES string of the molecule is N#CC1(NC(=O)CN2CCOC[C@@H]2[C@@H]2CCC[C@@H]2O)CCCCC1. The maximum atomic E-state index is 12.6. The van der Waals surface area contributed by atoms with Gasteiger partial charge in [-0.3, -0.25) is 9.69 Å². The lowest BCUT2D eigenvalue weighted by Gasteiger charge is -2.40. The number of hydrogen-bond donors (Lipinski definition) is 2. The Morgan fingerprint density at radius 2 is 2.08 bits per heavy atom. The number of nitrogens with zero attached hydrogens (tertiary/aromatic N) is 2. The van der Waals surface area contributed by atoms with Gasteiger partial charge < -0.3 is 15.2 Å². The summed E-state index contributed by atoms with van der Waals surface area (Å²) in [6.07, 6.45) is 7.25. The number of ether oxygens (including phenoxy) is 1. The molecule has 3 fully saturated rings. The van der Waals surface area contributed by atoms with Gasteiger partial charge in [0, 0.05) is 18.5 Å². The third-order valence-electron chi connectivity index (χ3n) is 5.95. The topological polar surface area (TPSA) is 85.6 Å². The number of aliphatic hydroxyl groups excluding tert-OH is 1. The molecule has 0 bridgehead atoms. The minimum Gasteiger partial charge on any atom is -0.393 e. The van der Waals surface area contributed by atoms with Gasteiger partial charge in [0.25, 0.3) is 0 Å². The molecule has 2 N–H and O–H groups in total. The second-order valence-corrected chi connectivity index (χ2v) is 7.58. The van der Waals surface area contributed by atoms with Gasteiger partial charge in [-0.1, -0.05) is 25.7 Å². The zero-order valence-electron chi connectivity index (χ0n) is 14.4. The Bertz CT molecular complexity index is 484. The highest BCUT2D eigenvalue weighted by Crippen LogP contribution is 2.32. The first-order valence-corrected chi connectivity index (χ1v) is 9.36. The zero-order valence-corrected chi connectivity index (χ0v) is 14.4. The summed E-state index contributed by atoms with van der Waals surface area (Å²) in [5, 5.41) is 22.7. The maximum absolute atomic E-state index is 12.6. The molecule has 3 aliphatic rings. The molecule has 24 heavy (non-hydrogen) atoms. The lowest BCUT2D eigenvalue weighted by atomic mass is 9.83. The number of carbonyl (C=O) groups is 1. The van der Waals surface area contributed by atoms with Gasteiger partial charge >= 0.3 is 0 Å². The number of aliphatic hydroxyl groups is 1. The van der Waals surface area contributed by atoms with Crippen LogP contribution in [0.25, 0.3) is 0 Å². The highest BCUT2D eigenvalue weighted by Gasteiger charge is 2.39.